The standard InChI is InChI=1S/C27H20N4O8S2/c1-3-38-26(33)23-15(2)28-27-29(24(23)21-8-5-11-40-21)25(32)22(41-27)13-16-6-4-7-18(12-16)39-20-10-9-17(30(34)35)14-19(20)31(36)37/h4-14,24H,3H2,1-2H3/b22-13+/t24-/m1/s1. The van der Waals surface area contributed by atoms with E-state index in [1.165, 1.54) is 15.9 Å². The van der Waals surface area contributed by atoms with E-state index in [1.54, 1.807) is 44.2 Å². The van der Waals surface area contributed by atoms with E-state index in [2.05, 4.69) is 4.99 Å². The van der Waals surface area contributed by atoms with E-state index in [1.807, 2.05) is 17.5 Å². The van der Waals surface area contributed by atoms with E-state index in [0.29, 0.717) is 26.2 Å². The van der Waals surface area contributed by atoms with Gasteiger partial charge < -0.3 is 9.47 Å². The highest BCUT2D eigenvalue weighted by molar-refractivity contribution is 7.10. The van der Waals surface area contributed by atoms with Crippen molar-refractivity contribution in [1.29, 1.82) is 0 Å². The van der Waals surface area contributed by atoms with Gasteiger partial charge in [-0.25, -0.2) is 9.79 Å². The van der Waals surface area contributed by atoms with Gasteiger partial charge in [-0.15, -0.1) is 11.3 Å². The SMILES string of the molecule is CCOC(=O)C1=C(C)N=c2s/c(=C/c3cccc(Oc4ccc([N+](=O)[O-])cc4[N+](=O)[O-])c3)c(=O)n2[C@@H]1c1cccs1. The van der Waals surface area contributed by atoms with Gasteiger partial charge in [-0.3, -0.25) is 29.6 Å². The van der Waals surface area contributed by atoms with E-state index in [0.717, 1.165) is 34.4 Å². The van der Waals surface area contributed by atoms with Crippen molar-refractivity contribution in [2.24, 2.45) is 4.99 Å². The van der Waals surface area contributed by atoms with Crippen molar-refractivity contribution >= 4 is 46.1 Å². The summed E-state index contributed by atoms with van der Waals surface area (Å²) in [6.07, 6.45) is 1.63. The van der Waals surface area contributed by atoms with E-state index in [-0.39, 0.29) is 23.7 Å². The number of nitro groups is 2. The summed E-state index contributed by atoms with van der Waals surface area (Å²) in [5.74, 6) is -0.484. The molecule has 0 fully saturated rings. The zero-order chi connectivity index (χ0) is 29.3. The number of benzene rings is 2. The van der Waals surface area contributed by atoms with Crippen LogP contribution in [0.1, 0.15) is 30.3 Å². The quantitative estimate of drug-likeness (QED) is 0.165. The van der Waals surface area contributed by atoms with Gasteiger partial charge in [0.1, 0.15) is 11.8 Å². The number of thiazole rings is 1. The molecule has 0 saturated carbocycles. The fourth-order valence-electron chi connectivity index (χ4n) is 4.30. The van der Waals surface area contributed by atoms with Crippen molar-refractivity contribution in [1.82, 2.24) is 4.57 Å². The summed E-state index contributed by atoms with van der Waals surface area (Å²) in [6.45, 7) is 3.60. The molecule has 1 aliphatic rings. The van der Waals surface area contributed by atoms with Crippen LogP contribution < -0.4 is 19.6 Å². The van der Waals surface area contributed by atoms with E-state index >= 15 is 0 Å². The second-order valence-electron chi connectivity index (χ2n) is 8.66. The van der Waals surface area contributed by atoms with Crippen LogP contribution in [0.25, 0.3) is 6.08 Å². The number of thiophene rings is 1. The number of hydrogen-bond donors (Lipinski definition) is 0. The lowest BCUT2D eigenvalue weighted by molar-refractivity contribution is -0.394. The molecule has 14 heteroatoms. The number of hydrogen-bond acceptors (Lipinski definition) is 11. The number of non-ortho nitro benzene ring substituents is 1. The Morgan fingerprint density at radius 1 is 1.12 bits per heavy atom. The van der Waals surface area contributed by atoms with E-state index < -0.39 is 33.2 Å². The first-order valence-corrected chi connectivity index (χ1v) is 13.8. The number of ether oxygens (including phenoxy) is 2. The number of nitro benzene ring substituents is 2. The first-order chi connectivity index (χ1) is 19.7. The molecule has 41 heavy (non-hydrogen) atoms. The first-order valence-electron chi connectivity index (χ1n) is 12.1. The van der Waals surface area contributed by atoms with Gasteiger partial charge in [-0.05, 0) is 55.1 Å². The highest BCUT2D eigenvalue weighted by Crippen LogP contribution is 2.35. The molecule has 0 saturated heterocycles. The Bertz CT molecular complexity index is 1910. The normalized spacial score (nSPS) is 14.8. The van der Waals surface area contributed by atoms with Crippen LogP contribution in [0.4, 0.5) is 11.4 Å². The summed E-state index contributed by atoms with van der Waals surface area (Å²) in [5.41, 5.74) is -0.0113. The molecule has 2 aromatic carbocycles. The van der Waals surface area contributed by atoms with Gasteiger partial charge in [0.2, 0.25) is 5.75 Å². The number of rotatable bonds is 8. The van der Waals surface area contributed by atoms with E-state index in [9.17, 15) is 29.8 Å². The highest BCUT2D eigenvalue weighted by Gasteiger charge is 2.34. The minimum absolute atomic E-state index is 0.171. The first kappa shape index (κ1) is 27.6. The molecule has 0 unspecified atom stereocenters. The van der Waals surface area contributed by atoms with Crippen LogP contribution in [-0.4, -0.2) is 27.0 Å². The molecular formula is C27H20N4O8S2. The number of carbonyl (C=O) groups is 1. The summed E-state index contributed by atoms with van der Waals surface area (Å²) >= 11 is 2.58. The molecule has 12 nitrogen and oxygen atoms in total. The fourth-order valence-corrected chi connectivity index (χ4v) is 6.17. The minimum Gasteiger partial charge on any atom is -0.463 e. The average molecular weight is 593 g/mol. The Morgan fingerprint density at radius 3 is 2.61 bits per heavy atom. The van der Waals surface area contributed by atoms with Gasteiger partial charge in [0.15, 0.2) is 4.80 Å². The molecule has 4 aromatic rings. The van der Waals surface area contributed by atoms with Gasteiger partial charge in [-0.2, -0.15) is 0 Å². The lowest BCUT2D eigenvalue weighted by Gasteiger charge is -2.23. The van der Waals surface area contributed by atoms with Gasteiger partial charge in [-0.1, -0.05) is 29.5 Å². The number of carbonyl (C=O) groups excluding carboxylic acids is 1. The number of allylic oxidation sites excluding steroid dienone is 1. The van der Waals surface area contributed by atoms with Gasteiger partial charge in [0.05, 0.1) is 38.3 Å². The van der Waals surface area contributed by atoms with Crippen LogP contribution >= 0.6 is 22.7 Å². The van der Waals surface area contributed by atoms with Crippen LogP contribution in [0.3, 0.4) is 0 Å². The molecular weight excluding hydrogens is 572 g/mol. The predicted octanol–water partition coefficient (Wildman–Crippen LogP) is 4.47. The van der Waals surface area contributed by atoms with Crippen LogP contribution in [0.15, 0.2) is 81.0 Å². The molecule has 5 rings (SSSR count). The van der Waals surface area contributed by atoms with Gasteiger partial charge in [0.25, 0.3) is 11.2 Å². The average Bonchev–Trinajstić information content (AvgIpc) is 3.57. The summed E-state index contributed by atoms with van der Waals surface area (Å²) in [6, 6.07) is 12.6. The second kappa shape index (κ2) is 11.3. The molecule has 0 bridgehead atoms. The Morgan fingerprint density at radius 2 is 1.93 bits per heavy atom. The maximum absolute atomic E-state index is 13.7. The summed E-state index contributed by atoms with van der Waals surface area (Å²) < 4.78 is 12.8. The molecule has 208 valence electrons. The lowest BCUT2D eigenvalue weighted by atomic mass is 10.0. The smallest absolute Gasteiger partial charge is 0.338 e. The predicted molar refractivity (Wildman–Crippen MR) is 151 cm³/mol. The molecule has 0 N–H and O–H groups in total. The van der Waals surface area contributed by atoms with Crippen molar-refractivity contribution in [3.8, 4) is 11.5 Å². The molecule has 0 aliphatic carbocycles. The number of esters is 1. The van der Waals surface area contributed by atoms with Crippen LogP contribution in [0.5, 0.6) is 11.5 Å². The summed E-state index contributed by atoms with van der Waals surface area (Å²) in [7, 11) is 0. The van der Waals surface area contributed by atoms with Crippen molar-refractivity contribution < 1.29 is 24.1 Å². The third-order valence-electron chi connectivity index (χ3n) is 6.06. The zero-order valence-corrected chi connectivity index (χ0v) is 23.1. The molecule has 0 radical (unpaired) electrons. The van der Waals surface area contributed by atoms with Crippen molar-refractivity contribution in [3.05, 3.63) is 122 Å². The van der Waals surface area contributed by atoms with Crippen molar-refractivity contribution in [2.75, 3.05) is 6.61 Å². The third kappa shape index (κ3) is 5.42. The molecule has 2 aromatic heterocycles. The largest absolute Gasteiger partial charge is 0.463 e. The molecule has 0 spiro atoms. The maximum atomic E-state index is 13.7. The molecule has 1 atom stereocenters. The third-order valence-corrected chi connectivity index (χ3v) is 7.97. The Hall–Kier alpha value is -4.95. The van der Waals surface area contributed by atoms with E-state index in [4.69, 9.17) is 9.47 Å². The Labute approximate surface area is 239 Å². The van der Waals surface area contributed by atoms with Crippen molar-refractivity contribution in [2.45, 2.75) is 19.9 Å². The topological polar surface area (TPSA) is 156 Å². The highest BCUT2D eigenvalue weighted by atomic mass is 32.1. The Balaban J connectivity index is 1.55. The van der Waals surface area contributed by atoms with Crippen LogP contribution in [-0.2, 0) is 9.53 Å². The zero-order valence-electron chi connectivity index (χ0n) is 21.5. The van der Waals surface area contributed by atoms with Gasteiger partial charge in [0, 0.05) is 10.9 Å². The molecule has 1 aliphatic heterocycles. The lowest BCUT2D eigenvalue weighted by Crippen LogP contribution is -2.39. The van der Waals surface area contributed by atoms with Gasteiger partial charge >= 0.3 is 11.7 Å². The second-order valence-corrected chi connectivity index (χ2v) is 10.6. The minimum atomic E-state index is -0.760. The summed E-state index contributed by atoms with van der Waals surface area (Å²) in [4.78, 5) is 53.4. The Kier molecular flexibility index (Phi) is 7.59. The fraction of sp³-hybridized carbons (Fsp3) is 0.148. The molecule has 0 amide bonds. The molecule has 3 heterocycles. The maximum Gasteiger partial charge on any atom is 0.338 e. The number of aromatic nitrogens is 1. The monoisotopic (exact) mass is 592 g/mol. The van der Waals surface area contributed by atoms with Crippen LogP contribution in [0, 0.1) is 20.2 Å². The number of fused-ring (bicyclic) bond motifs is 1. The number of nitrogens with zero attached hydrogens (tertiary/aromatic N) is 4. The van der Waals surface area contributed by atoms with Crippen LogP contribution in [0.2, 0.25) is 0 Å². The van der Waals surface area contributed by atoms with Crippen molar-refractivity contribution in [3.63, 3.8) is 0 Å². The summed E-state index contributed by atoms with van der Waals surface area (Å²) in [5, 5.41) is 24.4.